The Bertz CT molecular complexity index is 524. The molecule has 0 amide bonds. The van der Waals surface area contributed by atoms with Crippen LogP contribution in [-0.2, 0) is 13.5 Å². The Morgan fingerprint density at radius 1 is 1.39 bits per heavy atom. The molecular weight excluding hydrogens is 248 g/mol. The normalized spacial score (nSPS) is 10.6. The first-order valence-corrected chi connectivity index (χ1v) is 6.61. The van der Waals surface area contributed by atoms with Gasteiger partial charge in [-0.15, -0.1) is 10.2 Å². The number of hydrogen-bond donors (Lipinski definition) is 1. The highest BCUT2D eigenvalue weighted by atomic mass is 32.2. The lowest BCUT2D eigenvalue weighted by Gasteiger charge is -2.10. The Kier molecular flexibility index (Phi) is 4.14. The summed E-state index contributed by atoms with van der Waals surface area (Å²) in [7, 11) is 3.79. The molecule has 0 unspecified atom stereocenters. The van der Waals surface area contributed by atoms with Gasteiger partial charge < -0.3 is 9.88 Å². The van der Waals surface area contributed by atoms with Crippen LogP contribution in [0.25, 0.3) is 0 Å². The topological polar surface area (TPSA) is 68.5 Å². The molecule has 0 atom stereocenters. The summed E-state index contributed by atoms with van der Waals surface area (Å²) < 4.78 is 1.88. The van der Waals surface area contributed by atoms with Gasteiger partial charge in [0.2, 0.25) is 0 Å². The van der Waals surface area contributed by atoms with Crippen LogP contribution in [0.2, 0.25) is 0 Å². The molecule has 0 aliphatic rings. The highest BCUT2D eigenvalue weighted by molar-refractivity contribution is 7.99. The average molecular weight is 264 g/mol. The SMILES string of the molecule is CCCc1c(NC)ncnc1Sc1nncn1C. The van der Waals surface area contributed by atoms with Crippen LogP contribution in [0.3, 0.4) is 0 Å². The molecule has 0 radical (unpaired) electrons. The molecule has 7 heteroatoms. The maximum Gasteiger partial charge on any atom is 0.197 e. The van der Waals surface area contributed by atoms with Crippen LogP contribution < -0.4 is 5.32 Å². The molecule has 0 saturated heterocycles. The van der Waals surface area contributed by atoms with E-state index in [0.717, 1.165) is 34.4 Å². The Labute approximate surface area is 110 Å². The van der Waals surface area contributed by atoms with E-state index in [9.17, 15) is 0 Å². The molecule has 2 aromatic rings. The van der Waals surface area contributed by atoms with Gasteiger partial charge in [0, 0.05) is 19.7 Å². The fraction of sp³-hybridized carbons (Fsp3) is 0.455. The van der Waals surface area contributed by atoms with Gasteiger partial charge in [0.25, 0.3) is 0 Å². The minimum absolute atomic E-state index is 0.827. The number of anilines is 1. The number of hydrogen-bond acceptors (Lipinski definition) is 6. The van der Waals surface area contributed by atoms with E-state index in [1.807, 2.05) is 18.7 Å². The summed E-state index contributed by atoms with van der Waals surface area (Å²) in [5.41, 5.74) is 1.13. The lowest BCUT2D eigenvalue weighted by molar-refractivity contribution is 0.783. The molecule has 2 rings (SSSR count). The van der Waals surface area contributed by atoms with Crippen molar-refractivity contribution in [3.05, 3.63) is 18.2 Å². The molecule has 0 saturated carbocycles. The van der Waals surface area contributed by atoms with Gasteiger partial charge in [-0.25, -0.2) is 9.97 Å². The molecule has 0 spiro atoms. The molecule has 0 aromatic carbocycles. The van der Waals surface area contributed by atoms with Gasteiger partial charge in [-0.3, -0.25) is 0 Å². The van der Waals surface area contributed by atoms with E-state index < -0.39 is 0 Å². The Hall–Kier alpha value is -1.63. The summed E-state index contributed by atoms with van der Waals surface area (Å²) in [6.07, 6.45) is 5.25. The van der Waals surface area contributed by atoms with Crippen molar-refractivity contribution in [1.82, 2.24) is 24.7 Å². The van der Waals surface area contributed by atoms with Crippen LogP contribution in [0.4, 0.5) is 5.82 Å². The number of rotatable bonds is 5. The van der Waals surface area contributed by atoms with Gasteiger partial charge in [0.05, 0.1) is 0 Å². The molecular formula is C11H16N6S. The fourth-order valence-electron chi connectivity index (χ4n) is 1.63. The molecule has 0 aliphatic carbocycles. The molecule has 0 bridgehead atoms. The van der Waals surface area contributed by atoms with Crippen LogP contribution in [0.1, 0.15) is 18.9 Å². The first kappa shape index (κ1) is 12.8. The van der Waals surface area contributed by atoms with Gasteiger partial charge >= 0.3 is 0 Å². The van der Waals surface area contributed by atoms with Crippen LogP contribution in [-0.4, -0.2) is 31.8 Å². The van der Waals surface area contributed by atoms with Crippen LogP contribution in [0.5, 0.6) is 0 Å². The first-order chi connectivity index (χ1) is 8.76. The van der Waals surface area contributed by atoms with E-state index in [4.69, 9.17) is 0 Å². The third-order valence-electron chi connectivity index (χ3n) is 2.50. The van der Waals surface area contributed by atoms with Crippen molar-refractivity contribution < 1.29 is 0 Å². The Balaban J connectivity index is 2.34. The molecule has 18 heavy (non-hydrogen) atoms. The maximum absolute atomic E-state index is 4.35. The predicted molar refractivity (Wildman–Crippen MR) is 70.7 cm³/mol. The number of nitrogens with one attached hydrogen (secondary N) is 1. The molecule has 1 N–H and O–H groups in total. The van der Waals surface area contributed by atoms with E-state index >= 15 is 0 Å². The predicted octanol–water partition coefficient (Wildman–Crippen LogP) is 1.75. The van der Waals surface area contributed by atoms with Crippen LogP contribution in [0, 0.1) is 0 Å². The second-order valence-corrected chi connectivity index (χ2v) is 4.79. The Morgan fingerprint density at radius 3 is 2.83 bits per heavy atom. The zero-order chi connectivity index (χ0) is 13.0. The minimum atomic E-state index is 0.827. The highest BCUT2D eigenvalue weighted by Gasteiger charge is 2.13. The van der Waals surface area contributed by atoms with E-state index in [1.165, 1.54) is 11.8 Å². The van der Waals surface area contributed by atoms with Crippen LogP contribution >= 0.6 is 11.8 Å². The highest BCUT2D eigenvalue weighted by Crippen LogP contribution is 2.30. The maximum atomic E-state index is 4.35. The lowest BCUT2D eigenvalue weighted by atomic mass is 10.2. The van der Waals surface area contributed by atoms with E-state index in [0.29, 0.717) is 0 Å². The summed E-state index contributed by atoms with van der Waals surface area (Å²) in [6.45, 7) is 2.14. The molecule has 2 aromatic heterocycles. The summed E-state index contributed by atoms with van der Waals surface area (Å²) >= 11 is 1.52. The van der Waals surface area contributed by atoms with Crippen molar-refractivity contribution in [2.45, 2.75) is 29.9 Å². The van der Waals surface area contributed by atoms with E-state index in [1.54, 1.807) is 12.7 Å². The number of nitrogens with zero attached hydrogens (tertiary/aromatic N) is 5. The fourth-order valence-corrected chi connectivity index (χ4v) is 2.50. The van der Waals surface area contributed by atoms with Crippen molar-refractivity contribution >= 4 is 17.6 Å². The minimum Gasteiger partial charge on any atom is -0.373 e. The molecule has 0 fully saturated rings. The van der Waals surface area contributed by atoms with Crippen LogP contribution in [0.15, 0.2) is 22.8 Å². The van der Waals surface area contributed by atoms with Crippen molar-refractivity contribution in [1.29, 1.82) is 0 Å². The smallest absolute Gasteiger partial charge is 0.197 e. The summed E-state index contributed by atoms with van der Waals surface area (Å²) in [4.78, 5) is 8.60. The third-order valence-corrected chi connectivity index (χ3v) is 3.60. The molecule has 2 heterocycles. The summed E-state index contributed by atoms with van der Waals surface area (Å²) in [5.74, 6) is 0.886. The van der Waals surface area contributed by atoms with Gasteiger partial charge in [-0.2, -0.15) is 0 Å². The first-order valence-electron chi connectivity index (χ1n) is 5.79. The van der Waals surface area contributed by atoms with Gasteiger partial charge in [0.1, 0.15) is 23.5 Å². The second-order valence-electron chi connectivity index (χ2n) is 3.83. The number of aromatic nitrogens is 5. The Morgan fingerprint density at radius 2 is 2.22 bits per heavy atom. The monoisotopic (exact) mass is 264 g/mol. The largest absolute Gasteiger partial charge is 0.373 e. The molecule has 0 aliphatic heterocycles. The van der Waals surface area contributed by atoms with Gasteiger partial charge in [-0.1, -0.05) is 13.3 Å². The van der Waals surface area contributed by atoms with Gasteiger partial charge in [-0.05, 0) is 18.2 Å². The van der Waals surface area contributed by atoms with Crippen molar-refractivity contribution in [2.24, 2.45) is 7.05 Å². The second kappa shape index (κ2) is 5.81. The lowest BCUT2D eigenvalue weighted by Crippen LogP contribution is -2.03. The van der Waals surface area contributed by atoms with Crippen molar-refractivity contribution in [2.75, 3.05) is 12.4 Å². The van der Waals surface area contributed by atoms with Gasteiger partial charge in [0.15, 0.2) is 5.16 Å². The summed E-state index contributed by atoms with van der Waals surface area (Å²) in [5, 5.41) is 12.8. The van der Waals surface area contributed by atoms with E-state index in [-0.39, 0.29) is 0 Å². The summed E-state index contributed by atoms with van der Waals surface area (Å²) in [6, 6.07) is 0. The average Bonchev–Trinajstić information content (AvgIpc) is 2.77. The molecule has 96 valence electrons. The quantitative estimate of drug-likeness (QED) is 0.830. The van der Waals surface area contributed by atoms with Crippen molar-refractivity contribution in [3.8, 4) is 0 Å². The zero-order valence-corrected chi connectivity index (χ0v) is 11.5. The zero-order valence-electron chi connectivity index (χ0n) is 10.7. The third kappa shape index (κ3) is 2.61. The standard InChI is InChI=1S/C11H16N6S/c1-4-5-8-9(12-2)13-6-14-10(8)18-11-16-15-7-17(11)3/h6-7H,4-5H2,1-3H3,(H,12,13,14). The van der Waals surface area contributed by atoms with Crippen molar-refractivity contribution in [3.63, 3.8) is 0 Å². The van der Waals surface area contributed by atoms with E-state index in [2.05, 4.69) is 32.4 Å². The number of aryl methyl sites for hydroxylation is 1. The molecule has 6 nitrogen and oxygen atoms in total.